The van der Waals surface area contributed by atoms with Crippen molar-refractivity contribution in [1.82, 2.24) is 25.6 Å². The Morgan fingerprint density at radius 3 is 2.53 bits per heavy atom. The molecule has 4 rings (SSSR count). The fraction of sp³-hybridized carbons (Fsp3) is 0.261. The number of carbonyl (C=O) groups excluding carboxylic acids is 2. The Morgan fingerprint density at radius 1 is 1.11 bits per heavy atom. The number of hydrogen-bond acceptors (Lipinski definition) is 8. The topological polar surface area (TPSA) is 127 Å². The number of carbonyl (C=O) groups is 2. The smallest absolute Gasteiger partial charge is 0.407 e. The molecular formula is C23H19F5N6O4. The van der Waals surface area contributed by atoms with Crippen LogP contribution in [-0.4, -0.2) is 45.7 Å². The molecule has 1 aliphatic heterocycles. The molecule has 1 saturated heterocycles. The molecule has 2 aromatic heterocycles. The summed E-state index contributed by atoms with van der Waals surface area (Å²) in [7, 11) is 0. The van der Waals surface area contributed by atoms with Crippen LogP contribution in [-0.2, 0) is 22.3 Å². The Bertz CT molecular complexity index is 1320. The van der Waals surface area contributed by atoms with Gasteiger partial charge < -0.3 is 25.4 Å². The third-order valence-electron chi connectivity index (χ3n) is 5.44. The first kappa shape index (κ1) is 26.7. The van der Waals surface area contributed by atoms with E-state index >= 15 is 0 Å². The van der Waals surface area contributed by atoms with Crippen molar-refractivity contribution in [2.45, 2.75) is 24.7 Å². The average molecular weight is 538 g/mol. The maximum absolute atomic E-state index is 14.7. The number of halogens is 5. The van der Waals surface area contributed by atoms with Gasteiger partial charge in [0.25, 0.3) is 0 Å². The number of aromatic nitrogens is 3. The predicted molar refractivity (Wildman–Crippen MR) is 120 cm³/mol. The number of amides is 2. The first-order chi connectivity index (χ1) is 18.1. The van der Waals surface area contributed by atoms with E-state index in [0.29, 0.717) is 6.07 Å². The first-order valence-corrected chi connectivity index (χ1v) is 10.9. The van der Waals surface area contributed by atoms with Crippen LogP contribution in [0.5, 0.6) is 5.75 Å². The number of hydrogen-bond donors (Lipinski definition) is 3. The molecule has 0 bridgehead atoms. The van der Waals surface area contributed by atoms with Gasteiger partial charge in [-0.25, -0.2) is 23.5 Å². The molecule has 1 aromatic carbocycles. The highest BCUT2D eigenvalue weighted by molar-refractivity contribution is 5.90. The summed E-state index contributed by atoms with van der Waals surface area (Å²) in [6.45, 7) is -0.407. The van der Waals surface area contributed by atoms with E-state index in [-0.39, 0.29) is 36.8 Å². The van der Waals surface area contributed by atoms with Crippen LogP contribution in [0.25, 0.3) is 0 Å². The molecule has 0 spiro atoms. The zero-order valence-electron chi connectivity index (χ0n) is 19.3. The van der Waals surface area contributed by atoms with E-state index in [9.17, 15) is 31.5 Å². The van der Waals surface area contributed by atoms with E-state index in [2.05, 4.69) is 30.9 Å². The number of rotatable bonds is 7. The van der Waals surface area contributed by atoms with Crippen LogP contribution in [0, 0.1) is 11.6 Å². The number of pyridine rings is 1. The van der Waals surface area contributed by atoms with Gasteiger partial charge in [-0.15, -0.1) is 0 Å². The van der Waals surface area contributed by atoms with Crippen molar-refractivity contribution in [2.24, 2.45) is 0 Å². The van der Waals surface area contributed by atoms with Gasteiger partial charge in [0.05, 0.1) is 54.4 Å². The highest BCUT2D eigenvalue weighted by Crippen LogP contribution is 2.36. The second-order valence-electron chi connectivity index (χ2n) is 8.12. The van der Waals surface area contributed by atoms with Crippen molar-refractivity contribution in [3.8, 4) is 5.75 Å². The molecular weight excluding hydrogens is 519 g/mol. The molecule has 3 heterocycles. The summed E-state index contributed by atoms with van der Waals surface area (Å²) >= 11 is 0. The van der Waals surface area contributed by atoms with Gasteiger partial charge in [0.15, 0.2) is 5.75 Å². The Labute approximate surface area is 211 Å². The second-order valence-corrected chi connectivity index (χ2v) is 8.12. The van der Waals surface area contributed by atoms with Crippen LogP contribution in [0.15, 0.2) is 49.2 Å². The van der Waals surface area contributed by atoms with E-state index < -0.39 is 53.1 Å². The maximum Gasteiger partial charge on any atom is 0.418 e. The fourth-order valence-corrected chi connectivity index (χ4v) is 3.58. The molecule has 10 nitrogen and oxygen atoms in total. The number of anilines is 2. The molecule has 1 aliphatic rings. The van der Waals surface area contributed by atoms with E-state index in [1.807, 2.05) is 0 Å². The summed E-state index contributed by atoms with van der Waals surface area (Å²) in [5.74, 6) is -2.66. The average Bonchev–Trinajstić information content (AvgIpc) is 3.34. The minimum Gasteiger partial charge on any atom is -0.407 e. The minimum absolute atomic E-state index is 0.0439. The fourth-order valence-electron chi connectivity index (χ4n) is 3.58. The molecule has 1 fully saturated rings. The highest BCUT2D eigenvalue weighted by atomic mass is 19.4. The van der Waals surface area contributed by atoms with Crippen molar-refractivity contribution < 1.29 is 41.0 Å². The summed E-state index contributed by atoms with van der Waals surface area (Å²) in [6.07, 6.45) is -0.913. The normalized spacial score (nSPS) is 17.1. The third-order valence-corrected chi connectivity index (χ3v) is 5.44. The van der Waals surface area contributed by atoms with Gasteiger partial charge in [-0.3, -0.25) is 9.78 Å². The molecule has 0 unspecified atom stereocenters. The molecule has 200 valence electrons. The van der Waals surface area contributed by atoms with Gasteiger partial charge in [0, 0.05) is 19.1 Å². The molecule has 15 heteroatoms. The zero-order chi connectivity index (χ0) is 27.3. The van der Waals surface area contributed by atoms with Crippen molar-refractivity contribution in [3.05, 3.63) is 72.1 Å². The van der Waals surface area contributed by atoms with Crippen molar-refractivity contribution in [3.63, 3.8) is 0 Å². The van der Waals surface area contributed by atoms with Gasteiger partial charge >= 0.3 is 12.3 Å². The van der Waals surface area contributed by atoms with Crippen LogP contribution >= 0.6 is 0 Å². The lowest BCUT2D eigenvalue weighted by molar-refractivity contribution is -0.137. The van der Waals surface area contributed by atoms with Gasteiger partial charge in [-0.1, -0.05) is 0 Å². The number of ether oxygens (including phenoxy) is 2. The first-order valence-electron chi connectivity index (χ1n) is 10.9. The lowest BCUT2D eigenvalue weighted by atomic mass is 9.97. The predicted octanol–water partition coefficient (Wildman–Crippen LogP) is 3.48. The number of nitrogens with one attached hydrogen (secondary N) is 3. The van der Waals surface area contributed by atoms with E-state index in [1.165, 1.54) is 18.7 Å². The van der Waals surface area contributed by atoms with Crippen molar-refractivity contribution in [1.29, 1.82) is 0 Å². The summed E-state index contributed by atoms with van der Waals surface area (Å²) in [4.78, 5) is 36.5. The number of alkyl halides is 3. The van der Waals surface area contributed by atoms with E-state index in [0.717, 1.165) is 24.4 Å². The molecule has 1 atom stereocenters. The van der Waals surface area contributed by atoms with E-state index in [4.69, 9.17) is 9.47 Å². The molecule has 38 heavy (non-hydrogen) atoms. The zero-order valence-corrected chi connectivity index (χ0v) is 19.3. The Hall–Kier alpha value is -4.40. The lowest BCUT2D eigenvalue weighted by Crippen LogP contribution is -2.60. The molecule has 0 aliphatic carbocycles. The molecule has 2 amide bonds. The third kappa shape index (κ3) is 6.29. The highest BCUT2D eigenvalue weighted by Gasteiger charge is 2.44. The number of benzene rings is 1. The SMILES string of the molecule is O=C(N[C@@]1(C(=O)NCc2ncc(Nc3ccc(F)cc3C(F)(F)F)cc2F)CCOC1)Oc1cncnc1. The minimum atomic E-state index is -4.85. The van der Waals surface area contributed by atoms with Crippen LogP contribution in [0.1, 0.15) is 17.7 Å². The summed E-state index contributed by atoms with van der Waals surface area (Å²) < 4.78 is 77.9. The van der Waals surface area contributed by atoms with Crippen LogP contribution in [0.4, 0.5) is 38.1 Å². The van der Waals surface area contributed by atoms with Crippen LogP contribution < -0.4 is 20.7 Å². The maximum atomic E-state index is 14.7. The Balaban J connectivity index is 1.41. The number of nitrogens with zero attached hydrogens (tertiary/aromatic N) is 3. The Morgan fingerprint density at radius 2 is 1.87 bits per heavy atom. The van der Waals surface area contributed by atoms with Crippen molar-refractivity contribution >= 4 is 23.4 Å². The van der Waals surface area contributed by atoms with Gasteiger partial charge in [-0.2, -0.15) is 13.2 Å². The molecule has 3 aromatic rings. The van der Waals surface area contributed by atoms with Gasteiger partial charge in [0.1, 0.15) is 23.5 Å². The monoisotopic (exact) mass is 538 g/mol. The van der Waals surface area contributed by atoms with E-state index in [1.54, 1.807) is 0 Å². The molecule has 0 saturated carbocycles. The van der Waals surface area contributed by atoms with Crippen LogP contribution in [0.3, 0.4) is 0 Å². The largest absolute Gasteiger partial charge is 0.418 e. The quantitative estimate of drug-likeness (QED) is 0.391. The summed E-state index contributed by atoms with van der Waals surface area (Å²) in [6, 6.07) is 2.89. The summed E-state index contributed by atoms with van der Waals surface area (Å²) in [5, 5.41) is 7.29. The Kier molecular flexibility index (Phi) is 7.66. The lowest BCUT2D eigenvalue weighted by Gasteiger charge is -2.26. The summed E-state index contributed by atoms with van der Waals surface area (Å²) in [5.41, 5.74) is -3.63. The van der Waals surface area contributed by atoms with Crippen LogP contribution in [0.2, 0.25) is 0 Å². The van der Waals surface area contributed by atoms with Gasteiger partial charge in [0.2, 0.25) is 5.91 Å². The standard InChI is InChI=1S/C23H19F5N6O4/c24-13-1-2-18(16(5-13)23(26,27)28)33-14-6-17(25)19(31-7-14)10-32-20(35)22(3-4-37-11-22)34-21(36)38-15-8-29-12-30-9-15/h1-2,5-9,12,33H,3-4,10-11H2,(H,32,35)(H,34,36)/t22-/m0/s1. The molecule has 3 N–H and O–H groups in total. The van der Waals surface area contributed by atoms with Crippen molar-refractivity contribution in [2.75, 3.05) is 18.5 Å². The molecule has 0 radical (unpaired) electrons. The second kappa shape index (κ2) is 10.9. The van der Waals surface area contributed by atoms with Gasteiger partial charge in [-0.05, 0) is 18.2 Å².